The third-order valence-electron chi connectivity index (χ3n) is 2.88. The lowest BCUT2D eigenvalue weighted by Crippen LogP contribution is -2.27. The highest BCUT2D eigenvalue weighted by molar-refractivity contribution is 7.99. The average Bonchev–Trinajstić information content (AvgIpc) is 2.69. The number of thioether (sulfide) groups is 1. The van der Waals surface area contributed by atoms with E-state index in [1.165, 1.54) is 6.42 Å². The maximum absolute atomic E-state index is 9.90. The first-order chi connectivity index (χ1) is 7.68. The lowest BCUT2D eigenvalue weighted by molar-refractivity contribution is 0.136. The summed E-state index contributed by atoms with van der Waals surface area (Å²) in [6, 6.07) is 0.262. The van der Waals surface area contributed by atoms with Gasteiger partial charge in [0.05, 0.1) is 12.1 Å². The van der Waals surface area contributed by atoms with Crippen molar-refractivity contribution in [2.45, 2.75) is 62.1 Å². The van der Waals surface area contributed by atoms with E-state index in [4.69, 9.17) is 0 Å². The Morgan fingerprint density at radius 1 is 1.38 bits per heavy atom. The van der Waals surface area contributed by atoms with Crippen LogP contribution < -0.4 is 0 Å². The number of tetrazole rings is 1. The second kappa shape index (κ2) is 5.14. The Labute approximate surface area is 99.6 Å². The van der Waals surface area contributed by atoms with Crippen LogP contribution >= 0.6 is 11.8 Å². The first-order valence-corrected chi connectivity index (χ1v) is 6.69. The number of rotatable bonds is 3. The van der Waals surface area contributed by atoms with Crippen molar-refractivity contribution in [2.24, 2.45) is 0 Å². The van der Waals surface area contributed by atoms with Gasteiger partial charge in [0.2, 0.25) is 5.16 Å². The van der Waals surface area contributed by atoms with Gasteiger partial charge in [-0.15, -0.1) is 5.10 Å². The van der Waals surface area contributed by atoms with Gasteiger partial charge < -0.3 is 5.11 Å². The predicted octanol–water partition coefficient (Wildman–Crippen LogP) is 1.65. The quantitative estimate of drug-likeness (QED) is 0.873. The van der Waals surface area contributed by atoms with Crippen molar-refractivity contribution < 1.29 is 5.11 Å². The van der Waals surface area contributed by atoms with Crippen LogP contribution in [0.3, 0.4) is 0 Å². The SMILES string of the molecule is CC(C)n1nnnc1SC1CCCCC1O. The predicted molar refractivity (Wildman–Crippen MR) is 62.3 cm³/mol. The molecule has 0 amide bonds. The Kier molecular flexibility index (Phi) is 3.81. The minimum atomic E-state index is -0.212. The van der Waals surface area contributed by atoms with Gasteiger partial charge in [0.1, 0.15) is 0 Å². The molecule has 6 heteroatoms. The van der Waals surface area contributed by atoms with Crippen LogP contribution in [0.25, 0.3) is 0 Å². The topological polar surface area (TPSA) is 63.8 Å². The van der Waals surface area contributed by atoms with Gasteiger partial charge in [-0.25, -0.2) is 4.68 Å². The normalized spacial score (nSPS) is 26.2. The van der Waals surface area contributed by atoms with Crippen LogP contribution in [0, 0.1) is 0 Å². The Morgan fingerprint density at radius 2 is 2.12 bits per heavy atom. The first kappa shape index (κ1) is 11.9. The average molecular weight is 242 g/mol. The second-order valence-corrected chi connectivity index (χ2v) is 5.71. The number of aliphatic hydroxyl groups is 1. The molecule has 0 aromatic carbocycles. The summed E-state index contributed by atoms with van der Waals surface area (Å²) in [5, 5.41) is 22.6. The molecule has 1 aliphatic rings. The second-order valence-electron chi connectivity index (χ2n) is 4.51. The molecule has 2 atom stereocenters. The molecule has 1 aliphatic carbocycles. The first-order valence-electron chi connectivity index (χ1n) is 5.81. The van der Waals surface area contributed by atoms with Gasteiger partial charge in [-0.3, -0.25) is 0 Å². The van der Waals surface area contributed by atoms with Gasteiger partial charge >= 0.3 is 0 Å². The van der Waals surface area contributed by atoms with Crippen LogP contribution in [0.15, 0.2) is 5.16 Å². The largest absolute Gasteiger partial charge is 0.392 e. The highest BCUT2D eigenvalue weighted by atomic mass is 32.2. The molecule has 16 heavy (non-hydrogen) atoms. The highest BCUT2D eigenvalue weighted by Crippen LogP contribution is 2.33. The van der Waals surface area contributed by atoms with Gasteiger partial charge in [0, 0.05) is 5.25 Å². The Hall–Kier alpha value is -0.620. The number of aliphatic hydroxyl groups excluding tert-OH is 1. The van der Waals surface area contributed by atoms with Crippen molar-refractivity contribution in [1.29, 1.82) is 0 Å². The van der Waals surface area contributed by atoms with Crippen LogP contribution in [0.4, 0.5) is 0 Å². The van der Waals surface area contributed by atoms with E-state index in [0.717, 1.165) is 24.4 Å². The zero-order chi connectivity index (χ0) is 11.5. The van der Waals surface area contributed by atoms with E-state index in [-0.39, 0.29) is 17.4 Å². The van der Waals surface area contributed by atoms with E-state index in [9.17, 15) is 5.11 Å². The summed E-state index contributed by atoms with van der Waals surface area (Å²) >= 11 is 1.61. The van der Waals surface area contributed by atoms with E-state index in [1.54, 1.807) is 11.8 Å². The highest BCUT2D eigenvalue weighted by Gasteiger charge is 2.26. The zero-order valence-electron chi connectivity index (χ0n) is 9.70. The Balaban J connectivity index is 2.04. The van der Waals surface area contributed by atoms with Crippen LogP contribution in [0.5, 0.6) is 0 Å². The summed E-state index contributed by atoms with van der Waals surface area (Å²) < 4.78 is 1.81. The summed E-state index contributed by atoms with van der Waals surface area (Å²) in [5.74, 6) is 0. The third-order valence-corrected chi connectivity index (χ3v) is 4.21. The fourth-order valence-electron chi connectivity index (χ4n) is 1.94. The number of aromatic nitrogens is 4. The Bertz CT molecular complexity index is 341. The summed E-state index contributed by atoms with van der Waals surface area (Å²) in [6.07, 6.45) is 4.07. The third kappa shape index (κ3) is 2.55. The summed E-state index contributed by atoms with van der Waals surface area (Å²) in [6.45, 7) is 4.11. The molecule has 1 fully saturated rings. The summed E-state index contributed by atoms with van der Waals surface area (Å²) in [7, 11) is 0. The maximum atomic E-state index is 9.90. The van der Waals surface area contributed by atoms with Crippen molar-refractivity contribution in [3.8, 4) is 0 Å². The molecule has 0 bridgehead atoms. The summed E-state index contributed by atoms with van der Waals surface area (Å²) in [4.78, 5) is 0. The summed E-state index contributed by atoms with van der Waals surface area (Å²) in [5.41, 5.74) is 0. The monoisotopic (exact) mass is 242 g/mol. The van der Waals surface area contributed by atoms with Crippen LogP contribution in [0.1, 0.15) is 45.6 Å². The molecule has 0 spiro atoms. The molecule has 1 heterocycles. The molecule has 0 saturated heterocycles. The van der Waals surface area contributed by atoms with Gasteiger partial charge in [-0.1, -0.05) is 24.6 Å². The van der Waals surface area contributed by atoms with E-state index >= 15 is 0 Å². The van der Waals surface area contributed by atoms with Crippen molar-refractivity contribution in [2.75, 3.05) is 0 Å². The molecule has 1 saturated carbocycles. The molecule has 2 rings (SSSR count). The Morgan fingerprint density at radius 3 is 2.81 bits per heavy atom. The maximum Gasteiger partial charge on any atom is 0.209 e. The molecule has 0 aliphatic heterocycles. The van der Waals surface area contributed by atoms with E-state index < -0.39 is 0 Å². The van der Waals surface area contributed by atoms with Gasteiger partial charge in [-0.2, -0.15) is 0 Å². The standard InChI is InChI=1S/C10H18N4OS/c1-7(2)14-10(11-12-13-14)16-9-6-4-3-5-8(9)15/h7-9,15H,3-6H2,1-2H3. The molecule has 2 unspecified atom stereocenters. The molecule has 1 aromatic heterocycles. The van der Waals surface area contributed by atoms with Gasteiger partial charge in [0.25, 0.3) is 0 Å². The molecular formula is C10H18N4OS. The van der Waals surface area contributed by atoms with Gasteiger partial charge in [-0.05, 0) is 37.1 Å². The smallest absolute Gasteiger partial charge is 0.209 e. The van der Waals surface area contributed by atoms with Crippen LogP contribution in [0.2, 0.25) is 0 Å². The van der Waals surface area contributed by atoms with Crippen molar-refractivity contribution >= 4 is 11.8 Å². The van der Waals surface area contributed by atoms with Crippen LogP contribution in [-0.2, 0) is 0 Å². The van der Waals surface area contributed by atoms with Crippen molar-refractivity contribution in [3.05, 3.63) is 0 Å². The molecule has 1 aromatic rings. The lowest BCUT2D eigenvalue weighted by atomic mass is 9.97. The van der Waals surface area contributed by atoms with E-state index in [1.807, 2.05) is 4.68 Å². The van der Waals surface area contributed by atoms with Crippen molar-refractivity contribution in [1.82, 2.24) is 20.2 Å². The molecule has 90 valence electrons. The fraction of sp³-hybridized carbons (Fsp3) is 0.900. The number of hydrogen-bond acceptors (Lipinski definition) is 5. The minimum absolute atomic E-state index is 0.212. The molecule has 0 radical (unpaired) electrons. The zero-order valence-corrected chi connectivity index (χ0v) is 10.5. The van der Waals surface area contributed by atoms with E-state index in [0.29, 0.717) is 0 Å². The number of hydrogen-bond donors (Lipinski definition) is 1. The van der Waals surface area contributed by atoms with E-state index in [2.05, 4.69) is 29.4 Å². The minimum Gasteiger partial charge on any atom is -0.392 e. The fourth-order valence-corrected chi connectivity index (χ4v) is 3.22. The van der Waals surface area contributed by atoms with Crippen molar-refractivity contribution in [3.63, 3.8) is 0 Å². The van der Waals surface area contributed by atoms with Crippen LogP contribution in [-0.4, -0.2) is 36.7 Å². The molecule has 1 N–H and O–H groups in total. The molecule has 5 nitrogen and oxygen atoms in total. The van der Waals surface area contributed by atoms with Gasteiger partial charge in [0.15, 0.2) is 0 Å². The lowest BCUT2D eigenvalue weighted by Gasteiger charge is -2.26. The molecular weight excluding hydrogens is 224 g/mol. The number of nitrogens with zero attached hydrogens (tertiary/aromatic N) is 4.